The van der Waals surface area contributed by atoms with Crippen LogP contribution in [-0.2, 0) is 6.42 Å². The van der Waals surface area contributed by atoms with Gasteiger partial charge in [0, 0.05) is 6.20 Å². The molecule has 1 heterocycles. The molecule has 0 spiro atoms. The fourth-order valence-electron chi connectivity index (χ4n) is 1.71. The Balaban J connectivity index is 2.38. The Morgan fingerprint density at radius 3 is 2.73 bits per heavy atom. The van der Waals surface area contributed by atoms with Crippen LogP contribution in [0.1, 0.15) is 26.4 Å². The Bertz CT molecular complexity index is 443. The van der Waals surface area contributed by atoms with Gasteiger partial charge in [-0.15, -0.1) is 0 Å². The molecule has 0 fully saturated rings. The number of aromatic amines is 1. The van der Waals surface area contributed by atoms with Crippen molar-refractivity contribution >= 4 is 11.6 Å². The maximum absolute atomic E-state index is 11.6. The van der Waals surface area contributed by atoms with E-state index in [1.807, 2.05) is 7.05 Å². The van der Waals surface area contributed by atoms with Crippen molar-refractivity contribution in [3.63, 3.8) is 0 Å². The molecule has 0 bridgehead atoms. The number of allylic oxidation sites excluding steroid dienone is 2. The van der Waals surface area contributed by atoms with E-state index in [4.69, 9.17) is 0 Å². The molecule has 1 aliphatic carbocycles. The number of hydrogen-bond acceptors (Lipinski definition) is 3. The summed E-state index contributed by atoms with van der Waals surface area (Å²) in [6.45, 7) is 0.787. The second kappa shape index (κ2) is 3.82. The summed E-state index contributed by atoms with van der Waals surface area (Å²) in [6.07, 6.45) is 5.13. The lowest BCUT2D eigenvalue weighted by Crippen LogP contribution is -2.15. The van der Waals surface area contributed by atoms with Gasteiger partial charge in [-0.2, -0.15) is 0 Å². The highest BCUT2D eigenvalue weighted by Gasteiger charge is 2.23. The van der Waals surface area contributed by atoms with E-state index in [2.05, 4.69) is 10.3 Å². The SMILES string of the molecule is CNCCc1c[nH]c2c1C(=O)C=CC2=O. The van der Waals surface area contributed by atoms with Crippen molar-refractivity contribution in [1.82, 2.24) is 10.3 Å². The van der Waals surface area contributed by atoms with Gasteiger partial charge in [0.15, 0.2) is 5.78 Å². The monoisotopic (exact) mass is 204 g/mol. The molecule has 0 aromatic carbocycles. The van der Waals surface area contributed by atoms with E-state index in [1.165, 1.54) is 12.2 Å². The Kier molecular flexibility index (Phi) is 2.51. The molecule has 0 saturated carbocycles. The van der Waals surface area contributed by atoms with Gasteiger partial charge >= 0.3 is 0 Å². The molecule has 0 saturated heterocycles. The standard InChI is InChI=1S/C11H12N2O2/c1-12-5-4-7-6-13-11-9(15)3-2-8(14)10(7)11/h2-3,6,12-13H,4-5H2,1H3. The normalized spacial score (nSPS) is 14.5. The fourth-order valence-corrected chi connectivity index (χ4v) is 1.71. The summed E-state index contributed by atoms with van der Waals surface area (Å²) in [7, 11) is 1.85. The van der Waals surface area contributed by atoms with E-state index in [-0.39, 0.29) is 11.6 Å². The van der Waals surface area contributed by atoms with E-state index in [9.17, 15) is 9.59 Å². The van der Waals surface area contributed by atoms with Gasteiger partial charge in [0.2, 0.25) is 5.78 Å². The number of fused-ring (bicyclic) bond motifs is 1. The van der Waals surface area contributed by atoms with Crippen LogP contribution in [0.2, 0.25) is 0 Å². The highest BCUT2D eigenvalue weighted by molar-refractivity contribution is 6.21. The second-order valence-electron chi connectivity index (χ2n) is 3.48. The van der Waals surface area contributed by atoms with Crippen LogP contribution >= 0.6 is 0 Å². The van der Waals surface area contributed by atoms with Gasteiger partial charge in [0.05, 0.1) is 11.3 Å². The average Bonchev–Trinajstić information content (AvgIpc) is 2.65. The van der Waals surface area contributed by atoms with Crippen LogP contribution in [0, 0.1) is 0 Å². The molecule has 1 aromatic heterocycles. The van der Waals surface area contributed by atoms with Crippen LogP contribution in [-0.4, -0.2) is 30.1 Å². The Morgan fingerprint density at radius 2 is 2.00 bits per heavy atom. The van der Waals surface area contributed by atoms with Gasteiger partial charge in [-0.05, 0) is 37.7 Å². The predicted octanol–water partition coefficient (Wildman–Crippen LogP) is 0.712. The maximum Gasteiger partial charge on any atom is 0.202 e. The lowest BCUT2D eigenvalue weighted by Gasteiger charge is -2.05. The van der Waals surface area contributed by atoms with Gasteiger partial charge in [0.25, 0.3) is 0 Å². The third-order valence-electron chi connectivity index (χ3n) is 2.49. The Hall–Kier alpha value is -1.68. The molecular formula is C11H12N2O2. The van der Waals surface area contributed by atoms with E-state index < -0.39 is 0 Å². The number of H-pyrrole nitrogens is 1. The summed E-state index contributed by atoms with van der Waals surface area (Å²) in [5.41, 5.74) is 1.87. The third kappa shape index (κ3) is 1.64. The van der Waals surface area contributed by atoms with Gasteiger partial charge in [-0.1, -0.05) is 0 Å². The average molecular weight is 204 g/mol. The largest absolute Gasteiger partial charge is 0.358 e. The number of nitrogens with one attached hydrogen (secondary N) is 2. The second-order valence-corrected chi connectivity index (χ2v) is 3.48. The maximum atomic E-state index is 11.6. The molecule has 2 rings (SSSR count). The van der Waals surface area contributed by atoms with E-state index in [1.54, 1.807) is 6.20 Å². The summed E-state index contributed by atoms with van der Waals surface area (Å²) in [4.78, 5) is 25.9. The number of carbonyl (C=O) groups is 2. The molecule has 1 aliphatic rings. The first-order valence-electron chi connectivity index (χ1n) is 4.85. The zero-order chi connectivity index (χ0) is 10.8. The molecule has 0 unspecified atom stereocenters. The summed E-state index contributed by atoms with van der Waals surface area (Å²) in [6, 6.07) is 0. The van der Waals surface area contributed by atoms with Crippen LogP contribution in [0.25, 0.3) is 0 Å². The van der Waals surface area contributed by atoms with E-state index in [0.717, 1.165) is 18.5 Å². The van der Waals surface area contributed by atoms with Gasteiger partial charge in [-0.25, -0.2) is 0 Å². The summed E-state index contributed by atoms with van der Waals surface area (Å²) >= 11 is 0. The highest BCUT2D eigenvalue weighted by atomic mass is 16.1. The zero-order valence-corrected chi connectivity index (χ0v) is 8.46. The minimum absolute atomic E-state index is 0.0862. The molecular weight excluding hydrogens is 192 g/mol. The third-order valence-corrected chi connectivity index (χ3v) is 2.49. The van der Waals surface area contributed by atoms with Crippen molar-refractivity contribution in [1.29, 1.82) is 0 Å². The molecule has 0 atom stereocenters. The van der Waals surface area contributed by atoms with Crippen molar-refractivity contribution in [2.45, 2.75) is 6.42 Å². The summed E-state index contributed by atoms with van der Waals surface area (Å²) in [5, 5.41) is 3.01. The first-order chi connectivity index (χ1) is 7.24. The molecule has 0 radical (unpaired) electrons. The smallest absolute Gasteiger partial charge is 0.202 e. The van der Waals surface area contributed by atoms with Gasteiger partial charge < -0.3 is 10.3 Å². The minimum Gasteiger partial charge on any atom is -0.358 e. The Labute approximate surface area is 87.4 Å². The zero-order valence-electron chi connectivity index (χ0n) is 8.46. The minimum atomic E-state index is -0.125. The van der Waals surface area contributed by atoms with Crippen molar-refractivity contribution in [2.75, 3.05) is 13.6 Å². The molecule has 0 aliphatic heterocycles. The molecule has 0 amide bonds. The van der Waals surface area contributed by atoms with Crippen LogP contribution < -0.4 is 5.32 Å². The molecule has 78 valence electrons. The molecule has 15 heavy (non-hydrogen) atoms. The lowest BCUT2D eigenvalue weighted by atomic mass is 9.97. The number of rotatable bonds is 3. The molecule has 2 N–H and O–H groups in total. The summed E-state index contributed by atoms with van der Waals surface area (Å²) in [5.74, 6) is -0.211. The van der Waals surface area contributed by atoms with E-state index >= 15 is 0 Å². The quantitative estimate of drug-likeness (QED) is 0.762. The molecule has 1 aromatic rings. The van der Waals surface area contributed by atoms with Crippen LogP contribution in [0.15, 0.2) is 18.3 Å². The number of aromatic nitrogens is 1. The van der Waals surface area contributed by atoms with Crippen LogP contribution in [0.5, 0.6) is 0 Å². The molecule has 4 heteroatoms. The van der Waals surface area contributed by atoms with Crippen molar-refractivity contribution in [3.8, 4) is 0 Å². The highest BCUT2D eigenvalue weighted by Crippen LogP contribution is 2.20. The number of ketones is 2. The van der Waals surface area contributed by atoms with Crippen molar-refractivity contribution < 1.29 is 9.59 Å². The lowest BCUT2D eigenvalue weighted by molar-refractivity contribution is 0.0991. The Morgan fingerprint density at radius 1 is 1.27 bits per heavy atom. The fraction of sp³-hybridized carbons (Fsp3) is 0.273. The van der Waals surface area contributed by atoms with Gasteiger partial charge in [-0.3, -0.25) is 9.59 Å². The summed E-state index contributed by atoms with van der Waals surface area (Å²) < 4.78 is 0. The topological polar surface area (TPSA) is 62.0 Å². The number of hydrogen-bond donors (Lipinski definition) is 2. The van der Waals surface area contributed by atoms with Crippen molar-refractivity contribution in [2.24, 2.45) is 0 Å². The van der Waals surface area contributed by atoms with Crippen molar-refractivity contribution in [3.05, 3.63) is 35.2 Å². The van der Waals surface area contributed by atoms with Crippen LogP contribution in [0.4, 0.5) is 0 Å². The number of likely N-dealkylation sites (N-methyl/N-ethyl adjacent to an activating group) is 1. The van der Waals surface area contributed by atoms with Crippen LogP contribution in [0.3, 0.4) is 0 Å². The molecule has 4 nitrogen and oxygen atoms in total. The van der Waals surface area contributed by atoms with Gasteiger partial charge in [0.1, 0.15) is 0 Å². The first kappa shape index (κ1) is 9.86. The predicted molar refractivity (Wildman–Crippen MR) is 56.2 cm³/mol. The van der Waals surface area contributed by atoms with E-state index in [0.29, 0.717) is 11.3 Å². The number of carbonyl (C=O) groups excluding carboxylic acids is 2. The first-order valence-corrected chi connectivity index (χ1v) is 4.85.